The molecule has 31 heavy (non-hydrogen) atoms. The largest absolute Gasteiger partial charge is 0.507 e. The average molecular weight is 424 g/mol. The number of likely N-dealkylation sites (tertiary alicyclic amines) is 1. The molecule has 0 radical (unpaired) electrons. The van der Waals surface area contributed by atoms with Crippen LogP contribution in [0.1, 0.15) is 36.6 Å². The Bertz CT molecular complexity index is 981. The van der Waals surface area contributed by atoms with Crippen LogP contribution in [-0.2, 0) is 14.3 Å². The van der Waals surface area contributed by atoms with Gasteiger partial charge in [0.15, 0.2) is 0 Å². The minimum absolute atomic E-state index is 0.0857. The van der Waals surface area contributed by atoms with Crippen LogP contribution >= 0.6 is 0 Å². The zero-order valence-electron chi connectivity index (χ0n) is 18.4. The molecule has 0 bridgehead atoms. The first-order valence-electron chi connectivity index (χ1n) is 10.4. The number of aliphatic hydroxyl groups is 1. The Kier molecular flexibility index (Phi) is 7.13. The first kappa shape index (κ1) is 22.6. The van der Waals surface area contributed by atoms with Gasteiger partial charge in [-0.25, -0.2) is 0 Å². The molecular weight excluding hydrogens is 394 g/mol. The molecule has 1 saturated heterocycles. The number of hydrogen-bond donors (Lipinski definition) is 1. The molecule has 1 atom stereocenters. The van der Waals surface area contributed by atoms with Gasteiger partial charge in [0, 0.05) is 19.2 Å². The number of aliphatic hydroxyl groups excluding tert-OH is 1. The molecule has 6 heteroatoms. The molecule has 164 valence electrons. The summed E-state index contributed by atoms with van der Waals surface area (Å²) in [5.41, 5.74) is 2.16. The number of ketones is 1. The number of rotatable bonds is 8. The van der Waals surface area contributed by atoms with Crippen LogP contribution in [-0.4, -0.2) is 48.6 Å². The van der Waals surface area contributed by atoms with Crippen molar-refractivity contribution < 1.29 is 24.2 Å². The highest BCUT2D eigenvalue weighted by Crippen LogP contribution is 2.39. The van der Waals surface area contributed by atoms with Crippen LogP contribution < -0.4 is 4.74 Å². The van der Waals surface area contributed by atoms with Gasteiger partial charge in [0.05, 0.1) is 24.8 Å². The molecule has 1 fully saturated rings. The van der Waals surface area contributed by atoms with Gasteiger partial charge >= 0.3 is 0 Å². The summed E-state index contributed by atoms with van der Waals surface area (Å²) < 4.78 is 10.9. The Morgan fingerprint density at radius 3 is 2.45 bits per heavy atom. The summed E-state index contributed by atoms with van der Waals surface area (Å²) in [7, 11) is 1.54. The van der Waals surface area contributed by atoms with Crippen molar-refractivity contribution >= 4 is 17.4 Å². The lowest BCUT2D eigenvalue weighted by molar-refractivity contribution is -0.140. The van der Waals surface area contributed by atoms with Gasteiger partial charge in [0.2, 0.25) is 0 Å². The van der Waals surface area contributed by atoms with Crippen LogP contribution in [0.3, 0.4) is 0 Å². The summed E-state index contributed by atoms with van der Waals surface area (Å²) in [5, 5.41) is 11.1. The summed E-state index contributed by atoms with van der Waals surface area (Å²) in [6, 6.07) is 13.8. The predicted molar refractivity (Wildman–Crippen MR) is 119 cm³/mol. The summed E-state index contributed by atoms with van der Waals surface area (Å²) in [5.74, 6) is -0.404. The van der Waals surface area contributed by atoms with Crippen LogP contribution in [0.15, 0.2) is 54.1 Å². The monoisotopic (exact) mass is 423 g/mol. The number of methoxy groups -OCH3 is 1. The van der Waals surface area contributed by atoms with Crippen LogP contribution in [0.4, 0.5) is 0 Å². The van der Waals surface area contributed by atoms with Gasteiger partial charge in [-0.2, -0.15) is 0 Å². The molecule has 0 saturated carbocycles. The van der Waals surface area contributed by atoms with Crippen LogP contribution in [0, 0.1) is 12.8 Å². The molecule has 6 nitrogen and oxygen atoms in total. The number of amides is 1. The molecule has 2 aromatic rings. The minimum Gasteiger partial charge on any atom is -0.507 e. The second-order valence-electron chi connectivity index (χ2n) is 8.08. The van der Waals surface area contributed by atoms with Crippen molar-refractivity contribution in [3.05, 3.63) is 70.8 Å². The van der Waals surface area contributed by atoms with E-state index in [1.165, 1.54) is 4.90 Å². The van der Waals surface area contributed by atoms with Crippen molar-refractivity contribution in [2.24, 2.45) is 5.92 Å². The molecule has 1 heterocycles. The maximum absolute atomic E-state index is 12.9. The van der Waals surface area contributed by atoms with E-state index in [9.17, 15) is 14.7 Å². The Labute approximate surface area is 183 Å². The Balaban J connectivity index is 2.05. The summed E-state index contributed by atoms with van der Waals surface area (Å²) in [6.07, 6.45) is 0. The average Bonchev–Trinajstić information content (AvgIpc) is 3.01. The number of aryl methyl sites for hydroxylation is 1. The predicted octanol–water partition coefficient (Wildman–Crippen LogP) is 4.10. The van der Waals surface area contributed by atoms with Crippen molar-refractivity contribution in [2.75, 3.05) is 26.9 Å². The summed E-state index contributed by atoms with van der Waals surface area (Å²) >= 11 is 0. The molecular formula is C25H29NO5. The minimum atomic E-state index is -0.694. The molecule has 1 N–H and O–H groups in total. The van der Waals surface area contributed by atoms with E-state index < -0.39 is 17.7 Å². The van der Waals surface area contributed by atoms with Crippen LogP contribution in [0.25, 0.3) is 5.76 Å². The van der Waals surface area contributed by atoms with E-state index in [0.29, 0.717) is 18.1 Å². The molecule has 1 aliphatic heterocycles. The van der Waals surface area contributed by atoms with Gasteiger partial charge in [-0.3, -0.25) is 9.59 Å². The second-order valence-corrected chi connectivity index (χ2v) is 8.08. The van der Waals surface area contributed by atoms with E-state index in [1.54, 1.807) is 25.3 Å². The van der Waals surface area contributed by atoms with E-state index in [2.05, 4.69) is 13.8 Å². The Hall–Kier alpha value is -3.12. The number of Topliss-reactive ketones (excluding diaryl/α,β-unsaturated/α-hetero) is 1. The van der Waals surface area contributed by atoms with Gasteiger partial charge in [-0.05, 0) is 42.2 Å². The summed E-state index contributed by atoms with van der Waals surface area (Å²) in [6.45, 7) is 7.16. The molecule has 0 aromatic heterocycles. The molecule has 1 unspecified atom stereocenters. The second kappa shape index (κ2) is 9.79. The molecule has 3 rings (SSSR count). The zero-order valence-corrected chi connectivity index (χ0v) is 18.4. The maximum atomic E-state index is 12.9. The van der Waals surface area contributed by atoms with Gasteiger partial charge < -0.3 is 19.5 Å². The van der Waals surface area contributed by atoms with Gasteiger partial charge in [-0.1, -0.05) is 44.2 Å². The number of carbonyl (C=O) groups excluding carboxylic acids is 2. The quantitative estimate of drug-likeness (QED) is 0.393. The lowest BCUT2D eigenvalue weighted by Gasteiger charge is -2.25. The Morgan fingerprint density at radius 2 is 1.84 bits per heavy atom. The highest BCUT2D eigenvalue weighted by molar-refractivity contribution is 6.46. The first-order chi connectivity index (χ1) is 14.8. The number of hydrogen-bond acceptors (Lipinski definition) is 5. The lowest BCUT2D eigenvalue weighted by Crippen LogP contribution is -2.32. The third-order valence-corrected chi connectivity index (χ3v) is 5.21. The Morgan fingerprint density at radius 1 is 1.13 bits per heavy atom. The van der Waals surface area contributed by atoms with Crippen LogP contribution in [0.2, 0.25) is 0 Å². The van der Waals surface area contributed by atoms with Crippen molar-refractivity contribution in [3.63, 3.8) is 0 Å². The fraction of sp³-hybridized carbons (Fsp3) is 0.360. The maximum Gasteiger partial charge on any atom is 0.295 e. The first-order valence-corrected chi connectivity index (χ1v) is 10.4. The van der Waals surface area contributed by atoms with Crippen molar-refractivity contribution in [2.45, 2.75) is 26.8 Å². The van der Waals surface area contributed by atoms with Crippen molar-refractivity contribution in [1.82, 2.24) is 4.90 Å². The molecule has 2 aromatic carbocycles. The molecule has 1 aliphatic rings. The van der Waals surface area contributed by atoms with E-state index in [4.69, 9.17) is 9.47 Å². The van der Waals surface area contributed by atoms with Crippen molar-refractivity contribution in [3.8, 4) is 5.75 Å². The molecule has 1 amide bonds. The highest BCUT2D eigenvalue weighted by Gasteiger charge is 2.45. The van der Waals surface area contributed by atoms with E-state index in [-0.39, 0.29) is 24.5 Å². The topological polar surface area (TPSA) is 76.1 Å². The van der Waals surface area contributed by atoms with Crippen molar-refractivity contribution in [1.29, 1.82) is 0 Å². The van der Waals surface area contributed by atoms with E-state index >= 15 is 0 Å². The zero-order chi connectivity index (χ0) is 22.5. The van der Waals surface area contributed by atoms with Gasteiger partial charge in [-0.15, -0.1) is 0 Å². The van der Waals surface area contributed by atoms with E-state index in [0.717, 1.165) is 16.9 Å². The fourth-order valence-electron chi connectivity index (χ4n) is 3.65. The fourth-order valence-corrected chi connectivity index (χ4v) is 3.65. The van der Waals surface area contributed by atoms with Gasteiger partial charge in [0.25, 0.3) is 11.7 Å². The molecule has 0 aliphatic carbocycles. The standard InChI is InChI=1S/C25H29NO5/c1-16(2)15-31-20-11-10-19(14-17(20)3)23(27)21-22(18-8-6-5-7-9-18)26(12-13-30-4)25(29)24(21)28/h5-11,14,16,22,27H,12-13,15H2,1-4H3/b23-21+. The molecule has 0 spiro atoms. The normalized spacial score (nSPS) is 18.1. The smallest absolute Gasteiger partial charge is 0.295 e. The number of benzene rings is 2. The lowest BCUT2D eigenvalue weighted by atomic mass is 9.95. The van der Waals surface area contributed by atoms with Gasteiger partial charge in [0.1, 0.15) is 11.5 Å². The third kappa shape index (κ3) is 4.80. The SMILES string of the molecule is COCCN1C(=O)C(=O)/C(=C(/O)c2ccc(OCC(C)C)c(C)c2)C1c1ccccc1. The van der Waals surface area contributed by atoms with Crippen LogP contribution in [0.5, 0.6) is 5.75 Å². The van der Waals surface area contributed by atoms with E-state index in [1.807, 2.05) is 37.3 Å². The number of ether oxygens (including phenoxy) is 2. The summed E-state index contributed by atoms with van der Waals surface area (Å²) in [4.78, 5) is 27.2. The highest BCUT2D eigenvalue weighted by atomic mass is 16.5. The number of nitrogens with zero attached hydrogens (tertiary/aromatic N) is 1. The number of carbonyl (C=O) groups is 2. The third-order valence-electron chi connectivity index (χ3n) is 5.21.